The first-order chi connectivity index (χ1) is 12.9. The van der Waals surface area contributed by atoms with Gasteiger partial charge in [-0.05, 0) is 64.2 Å². The van der Waals surface area contributed by atoms with E-state index in [4.69, 9.17) is 4.74 Å². The molecule has 1 amide bonds. The lowest BCUT2D eigenvalue weighted by Crippen LogP contribution is -2.64. The van der Waals surface area contributed by atoms with Gasteiger partial charge in [0.25, 0.3) is 5.91 Å². The molecule has 27 heavy (non-hydrogen) atoms. The van der Waals surface area contributed by atoms with Crippen LogP contribution in [0.1, 0.15) is 67.4 Å². The molecular formula is C22H33N2O3+. The Kier molecular flexibility index (Phi) is 5.61. The number of piperidine rings is 1. The van der Waals surface area contributed by atoms with Gasteiger partial charge in [0.05, 0.1) is 37.5 Å². The molecule has 2 fully saturated rings. The minimum Gasteiger partial charge on any atom is -0.462 e. The molecule has 0 atom stereocenters. The molecule has 5 nitrogen and oxygen atoms in total. The van der Waals surface area contributed by atoms with Crippen LogP contribution in [0, 0.1) is 13.8 Å². The highest BCUT2D eigenvalue weighted by Crippen LogP contribution is 2.49. The Morgan fingerprint density at radius 2 is 1.78 bits per heavy atom. The van der Waals surface area contributed by atoms with Crippen LogP contribution >= 0.6 is 0 Å². The molecule has 1 saturated heterocycles. The van der Waals surface area contributed by atoms with Gasteiger partial charge in [-0.3, -0.25) is 4.79 Å². The maximum Gasteiger partial charge on any atom is 0.340 e. The van der Waals surface area contributed by atoms with E-state index < -0.39 is 0 Å². The fraction of sp³-hybridized carbons (Fsp3) is 0.636. The molecular weight excluding hydrogens is 340 g/mol. The summed E-state index contributed by atoms with van der Waals surface area (Å²) in [6.07, 6.45) is 5.53. The second-order valence-electron chi connectivity index (χ2n) is 8.18. The van der Waals surface area contributed by atoms with Crippen molar-refractivity contribution >= 4 is 17.6 Å². The Hall–Kier alpha value is -1.88. The van der Waals surface area contributed by atoms with E-state index in [0.29, 0.717) is 17.9 Å². The van der Waals surface area contributed by atoms with Gasteiger partial charge in [0.2, 0.25) is 0 Å². The van der Waals surface area contributed by atoms with Gasteiger partial charge in [0.1, 0.15) is 0 Å². The Morgan fingerprint density at radius 1 is 1.11 bits per heavy atom. The van der Waals surface area contributed by atoms with E-state index >= 15 is 0 Å². The second-order valence-corrected chi connectivity index (χ2v) is 8.18. The molecule has 1 aliphatic carbocycles. The van der Waals surface area contributed by atoms with Gasteiger partial charge in [-0.15, -0.1) is 0 Å². The number of amides is 1. The van der Waals surface area contributed by atoms with Gasteiger partial charge >= 0.3 is 5.97 Å². The molecule has 3 rings (SSSR count). The highest BCUT2D eigenvalue weighted by atomic mass is 16.5. The number of nitrogens with one attached hydrogen (secondary N) is 1. The molecule has 0 radical (unpaired) electrons. The molecule has 0 spiro atoms. The number of rotatable bonds is 6. The number of carbonyl (C=O) groups excluding carboxylic acids is 2. The van der Waals surface area contributed by atoms with E-state index in [0.717, 1.165) is 48.1 Å². The third kappa shape index (κ3) is 3.49. The zero-order valence-corrected chi connectivity index (χ0v) is 17.2. The van der Waals surface area contributed by atoms with Crippen LogP contribution < -0.4 is 5.32 Å². The lowest BCUT2D eigenvalue weighted by Gasteiger charge is -2.46. The predicted molar refractivity (Wildman–Crippen MR) is 107 cm³/mol. The number of hydrogen-bond donors (Lipinski definition) is 1. The molecule has 0 unspecified atom stereocenters. The third-order valence-electron chi connectivity index (χ3n) is 6.55. The topological polar surface area (TPSA) is 55.4 Å². The number of esters is 1. The minimum absolute atomic E-state index is 0.0729. The normalized spacial score (nSPS) is 20.0. The molecule has 2 aliphatic rings. The fourth-order valence-corrected chi connectivity index (χ4v) is 4.93. The zero-order chi connectivity index (χ0) is 19.7. The number of likely N-dealkylation sites (tertiary alicyclic amines) is 1. The number of nitrogens with zero attached hydrogens (tertiary/aromatic N) is 1. The van der Waals surface area contributed by atoms with Gasteiger partial charge in [-0.25, -0.2) is 4.79 Å². The lowest BCUT2D eigenvalue weighted by molar-refractivity contribution is -0.955. The van der Waals surface area contributed by atoms with Crippen molar-refractivity contribution in [1.82, 2.24) is 0 Å². The van der Waals surface area contributed by atoms with Crippen LogP contribution in [0.4, 0.5) is 5.69 Å². The first-order valence-corrected chi connectivity index (χ1v) is 10.3. The number of likely N-dealkylation sites (N-methyl/N-ethyl adjacent to an activating group) is 1. The summed E-state index contributed by atoms with van der Waals surface area (Å²) < 4.78 is 6.13. The molecule has 0 bridgehead atoms. The fourth-order valence-electron chi connectivity index (χ4n) is 4.93. The van der Waals surface area contributed by atoms with Gasteiger partial charge in [0.15, 0.2) is 5.54 Å². The van der Waals surface area contributed by atoms with E-state index in [1.54, 1.807) is 6.92 Å². The third-order valence-corrected chi connectivity index (χ3v) is 6.55. The summed E-state index contributed by atoms with van der Waals surface area (Å²) in [5.74, 6) is -0.300. The smallest absolute Gasteiger partial charge is 0.340 e. The first-order valence-electron chi connectivity index (χ1n) is 10.3. The van der Waals surface area contributed by atoms with Crippen molar-refractivity contribution in [1.29, 1.82) is 0 Å². The summed E-state index contributed by atoms with van der Waals surface area (Å²) in [7, 11) is 0. The van der Waals surface area contributed by atoms with Crippen molar-refractivity contribution in [2.24, 2.45) is 0 Å². The summed E-state index contributed by atoms with van der Waals surface area (Å²) in [4.78, 5) is 25.9. The summed E-state index contributed by atoms with van der Waals surface area (Å²) >= 11 is 0. The monoisotopic (exact) mass is 373 g/mol. The molecule has 1 aromatic rings. The van der Waals surface area contributed by atoms with Crippen molar-refractivity contribution < 1.29 is 18.8 Å². The SMILES string of the molecule is CCOC(=O)c1cc(C)cc(C)c1NC(=O)C1([N+]2(CC)CCCCC2)CC1. The molecule has 1 aromatic carbocycles. The van der Waals surface area contributed by atoms with E-state index in [2.05, 4.69) is 12.2 Å². The number of anilines is 1. The van der Waals surface area contributed by atoms with Crippen molar-refractivity contribution in [2.75, 3.05) is 31.6 Å². The predicted octanol–water partition coefficient (Wildman–Crippen LogP) is 3.97. The molecule has 148 valence electrons. The highest BCUT2D eigenvalue weighted by Gasteiger charge is 2.65. The Balaban J connectivity index is 1.91. The number of benzene rings is 1. The summed E-state index contributed by atoms with van der Waals surface area (Å²) in [6.45, 7) is 11.4. The number of quaternary nitrogens is 1. The highest BCUT2D eigenvalue weighted by molar-refractivity contribution is 6.05. The minimum atomic E-state index is -0.373. The second kappa shape index (κ2) is 7.63. The summed E-state index contributed by atoms with van der Waals surface area (Å²) in [6, 6.07) is 3.81. The average molecular weight is 374 g/mol. The largest absolute Gasteiger partial charge is 0.462 e. The Morgan fingerprint density at radius 3 is 2.33 bits per heavy atom. The van der Waals surface area contributed by atoms with Gasteiger partial charge in [-0.2, -0.15) is 0 Å². The Labute approximate surface area is 162 Å². The van der Waals surface area contributed by atoms with Crippen molar-refractivity contribution in [3.8, 4) is 0 Å². The lowest BCUT2D eigenvalue weighted by atomic mass is 9.99. The first kappa shape index (κ1) is 19.9. The van der Waals surface area contributed by atoms with Gasteiger partial charge in [-0.1, -0.05) is 6.07 Å². The number of aryl methyl sites for hydroxylation is 2. The van der Waals surface area contributed by atoms with Crippen molar-refractivity contribution in [3.63, 3.8) is 0 Å². The molecule has 1 N–H and O–H groups in total. The zero-order valence-electron chi connectivity index (χ0n) is 17.2. The summed E-state index contributed by atoms with van der Waals surface area (Å²) in [5, 5.41) is 3.15. The number of hydrogen-bond acceptors (Lipinski definition) is 3. The maximum atomic E-state index is 13.5. The molecule has 5 heteroatoms. The quantitative estimate of drug-likeness (QED) is 0.606. The van der Waals surface area contributed by atoms with Crippen LogP contribution in [0.2, 0.25) is 0 Å². The van der Waals surface area contributed by atoms with E-state index in [1.165, 1.54) is 19.3 Å². The standard InChI is InChI=1S/C22H32N2O3/c1-5-24(12-8-7-9-13-24)22(10-11-22)21(26)23-19-17(4)14-16(3)15-18(19)20(25)27-6-2/h14-15H,5-13H2,1-4H3/p+1. The van der Waals surface area contributed by atoms with Crippen LogP contribution in [-0.4, -0.2) is 48.1 Å². The van der Waals surface area contributed by atoms with Gasteiger partial charge < -0.3 is 14.5 Å². The summed E-state index contributed by atoms with van der Waals surface area (Å²) in [5.41, 5.74) is 2.65. The van der Waals surface area contributed by atoms with E-state index in [9.17, 15) is 9.59 Å². The van der Waals surface area contributed by atoms with Gasteiger partial charge in [0, 0.05) is 12.8 Å². The molecule has 1 aliphatic heterocycles. The van der Waals surface area contributed by atoms with E-state index in [1.807, 2.05) is 26.0 Å². The molecule has 1 heterocycles. The van der Waals surface area contributed by atoms with Crippen LogP contribution in [0.5, 0.6) is 0 Å². The van der Waals surface area contributed by atoms with Crippen LogP contribution in [0.3, 0.4) is 0 Å². The average Bonchev–Trinajstić information content (AvgIpc) is 3.46. The van der Waals surface area contributed by atoms with Crippen LogP contribution in [0.25, 0.3) is 0 Å². The van der Waals surface area contributed by atoms with Crippen molar-refractivity contribution in [3.05, 3.63) is 28.8 Å². The Bertz CT molecular complexity index is 731. The van der Waals surface area contributed by atoms with Crippen LogP contribution in [-0.2, 0) is 9.53 Å². The molecule has 1 saturated carbocycles. The van der Waals surface area contributed by atoms with Crippen LogP contribution in [0.15, 0.2) is 12.1 Å². The van der Waals surface area contributed by atoms with E-state index in [-0.39, 0.29) is 17.4 Å². The maximum absolute atomic E-state index is 13.5. The number of ether oxygens (including phenoxy) is 1. The number of carbonyl (C=O) groups is 2. The molecule has 0 aromatic heterocycles. The van der Waals surface area contributed by atoms with Crippen molar-refractivity contribution in [2.45, 2.75) is 65.3 Å².